The number of thiophene rings is 1. The van der Waals surface area contributed by atoms with Crippen LogP contribution in [0.2, 0.25) is 0 Å². The van der Waals surface area contributed by atoms with Crippen molar-refractivity contribution < 1.29 is 14.3 Å². The predicted octanol–water partition coefficient (Wildman–Crippen LogP) is 3.55. The third-order valence-electron chi connectivity index (χ3n) is 4.97. The number of benzene rings is 1. The summed E-state index contributed by atoms with van der Waals surface area (Å²) in [4.78, 5) is 25.6. The Morgan fingerprint density at radius 2 is 2.04 bits per heavy atom. The fourth-order valence-corrected chi connectivity index (χ4v) is 4.83. The van der Waals surface area contributed by atoms with Gasteiger partial charge in [-0.1, -0.05) is 25.5 Å². The molecule has 0 bridgehead atoms. The maximum Gasteiger partial charge on any atom is 0.251 e. The van der Waals surface area contributed by atoms with E-state index in [2.05, 4.69) is 12.2 Å². The van der Waals surface area contributed by atoms with Gasteiger partial charge in [-0.15, -0.1) is 11.3 Å². The summed E-state index contributed by atoms with van der Waals surface area (Å²) in [5, 5.41) is 3.50. The first-order valence-corrected chi connectivity index (χ1v) is 9.70. The lowest BCUT2D eigenvalue weighted by Gasteiger charge is -2.20. The van der Waals surface area contributed by atoms with Gasteiger partial charge in [0.25, 0.3) is 5.91 Å². The molecule has 1 atom stereocenters. The number of anilines is 1. The van der Waals surface area contributed by atoms with Crippen LogP contribution < -0.4 is 15.8 Å². The van der Waals surface area contributed by atoms with Gasteiger partial charge < -0.3 is 15.8 Å². The molecule has 1 aliphatic rings. The first-order valence-electron chi connectivity index (χ1n) is 8.88. The highest BCUT2D eigenvalue weighted by atomic mass is 32.1. The number of hydrogen-bond acceptors (Lipinski definition) is 4. The van der Waals surface area contributed by atoms with Gasteiger partial charge in [0.1, 0.15) is 10.8 Å². The van der Waals surface area contributed by atoms with Crippen molar-refractivity contribution in [3.63, 3.8) is 0 Å². The van der Waals surface area contributed by atoms with Gasteiger partial charge in [-0.3, -0.25) is 9.59 Å². The van der Waals surface area contributed by atoms with E-state index in [0.717, 1.165) is 42.6 Å². The lowest BCUT2D eigenvalue weighted by molar-refractivity contribution is -0.115. The number of fused-ring (bicyclic) bond motifs is 1. The van der Waals surface area contributed by atoms with Crippen molar-refractivity contribution in [1.29, 1.82) is 0 Å². The second-order valence-electron chi connectivity index (χ2n) is 6.66. The summed E-state index contributed by atoms with van der Waals surface area (Å²) in [7, 11) is 1.61. The highest BCUT2D eigenvalue weighted by Gasteiger charge is 2.28. The van der Waals surface area contributed by atoms with Crippen molar-refractivity contribution in [2.75, 3.05) is 12.4 Å². The zero-order valence-electron chi connectivity index (χ0n) is 15.1. The third kappa shape index (κ3) is 3.90. The number of primary amides is 1. The number of hydrogen-bond donors (Lipinski definition) is 2. The lowest BCUT2D eigenvalue weighted by atomic mass is 9.85. The summed E-state index contributed by atoms with van der Waals surface area (Å²) in [5.41, 5.74) is 8.04. The Labute approximate surface area is 157 Å². The van der Waals surface area contributed by atoms with Gasteiger partial charge in [0.2, 0.25) is 5.91 Å². The van der Waals surface area contributed by atoms with Gasteiger partial charge in [0.05, 0.1) is 19.1 Å². The average molecular weight is 372 g/mol. The first-order chi connectivity index (χ1) is 12.5. The Kier molecular flexibility index (Phi) is 5.61. The van der Waals surface area contributed by atoms with E-state index < -0.39 is 5.91 Å². The van der Waals surface area contributed by atoms with Crippen LogP contribution in [0.5, 0.6) is 5.75 Å². The van der Waals surface area contributed by atoms with Crippen LogP contribution in [0, 0.1) is 5.92 Å². The minimum atomic E-state index is -0.461. The number of carbonyl (C=O) groups is 2. The number of ether oxygens (including phenoxy) is 1. The molecule has 1 heterocycles. The molecule has 5 nitrogen and oxygen atoms in total. The highest BCUT2D eigenvalue weighted by molar-refractivity contribution is 7.17. The second kappa shape index (κ2) is 7.91. The number of amides is 2. The Morgan fingerprint density at radius 3 is 2.65 bits per heavy atom. The molecule has 26 heavy (non-hydrogen) atoms. The van der Waals surface area contributed by atoms with Crippen molar-refractivity contribution in [2.45, 2.75) is 39.0 Å². The van der Waals surface area contributed by atoms with Gasteiger partial charge in [-0.2, -0.15) is 0 Å². The van der Waals surface area contributed by atoms with E-state index in [0.29, 0.717) is 16.5 Å². The zero-order valence-corrected chi connectivity index (χ0v) is 15.9. The van der Waals surface area contributed by atoms with E-state index in [1.807, 2.05) is 24.3 Å². The molecule has 0 radical (unpaired) electrons. The molecular formula is C20H24N2O3S. The molecule has 3 rings (SSSR count). The summed E-state index contributed by atoms with van der Waals surface area (Å²) < 4.78 is 5.13. The first kappa shape index (κ1) is 18.5. The van der Waals surface area contributed by atoms with Crippen LogP contribution in [0.3, 0.4) is 0 Å². The maximum absolute atomic E-state index is 12.5. The number of methoxy groups -OCH3 is 1. The Balaban J connectivity index is 1.77. The average Bonchev–Trinajstić information content (AvgIpc) is 2.99. The van der Waals surface area contributed by atoms with Crippen molar-refractivity contribution in [3.8, 4) is 5.75 Å². The summed E-state index contributed by atoms with van der Waals surface area (Å²) in [6.45, 7) is 2.19. The van der Waals surface area contributed by atoms with Gasteiger partial charge in [0.15, 0.2) is 0 Å². The minimum Gasteiger partial charge on any atom is -0.497 e. The van der Waals surface area contributed by atoms with E-state index in [1.54, 1.807) is 7.11 Å². The fourth-order valence-electron chi connectivity index (χ4n) is 3.45. The molecule has 3 N–H and O–H groups in total. The van der Waals surface area contributed by atoms with E-state index in [1.165, 1.54) is 16.2 Å². The molecular weight excluding hydrogens is 348 g/mol. The van der Waals surface area contributed by atoms with Crippen LogP contribution in [0.15, 0.2) is 24.3 Å². The third-order valence-corrected chi connectivity index (χ3v) is 6.14. The van der Waals surface area contributed by atoms with E-state index in [4.69, 9.17) is 10.5 Å². The Hall–Kier alpha value is -2.34. The Bertz CT molecular complexity index is 811. The molecule has 6 heteroatoms. The quantitative estimate of drug-likeness (QED) is 0.813. The highest BCUT2D eigenvalue weighted by Crippen LogP contribution is 2.40. The smallest absolute Gasteiger partial charge is 0.251 e. The normalized spacial score (nSPS) is 16.0. The minimum absolute atomic E-state index is 0.150. The van der Waals surface area contributed by atoms with Crippen LogP contribution >= 0.6 is 11.3 Å². The molecule has 0 saturated heterocycles. The van der Waals surface area contributed by atoms with E-state index in [9.17, 15) is 9.59 Å². The molecule has 1 aliphatic carbocycles. The SMILES string of the molecule is CCC1CCc2c(sc(NC(=O)Cc3ccc(OC)cc3)c2C(N)=O)C1. The van der Waals surface area contributed by atoms with Gasteiger partial charge >= 0.3 is 0 Å². The molecule has 0 saturated carbocycles. The van der Waals surface area contributed by atoms with E-state index >= 15 is 0 Å². The van der Waals surface area contributed by atoms with Crippen molar-refractivity contribution in [2.24, 2.45) is 11.7 Å². The fraction of sp³-hybridized carbons (Fsp3) is 0.400. The molecule has 1 aromatic carbocycles. The topological polar surface area (TPSA) is 81.4 Å². The van der Waals surface area contributed by atoms with E-state index in [-0.39, 0.29) is 12.3 Å². The van der Waals surface area contributed by atoms with Crippen molar-refractivity contribution >= 4 is 28.2 Å². The van der Waals surface area contributed by atoms with Crippen LogP contribution in [0.1, 0.15) is 46.1 Å². The van der Waals surface area contributed by atoms with Crippen LogP contribution in [0.25, 0.3) is 0 Å². The number of carbonyl (C=O) groups excluding carboxylic acids is 2. The molecule has 1 aromatic heterocycles. The second-order valence-corrected chi connectivity index (χ2v) is 7.77. The molecule has 2 aromatic rings. The largest absolute Gasteiger partial charge is 0.497 e. The molecule has 1 unspecified atom stereocenters. The summed E-state index contributed by atoms with van der Waals surface area (Å²) in [6.07, 6.45) is 4.26. The number of nitrogens with two attached hydrogens (primary N) is 1. The van der Waals surface area contributed by atoms with Crippen LogP contribution in [-0.4, -0.2) is 18.9 Å². The molecule has 2 amide bonds. The van der Waals surface area contributed by atoms with Gasteiger partial charge in [-0.05, 0) is 48.4 Å². The summed E-state index contributed by atoms with van der Waals surface area (Å²) >= 11 is 1.50. The van der Waals surface area contributed by atoms with Gasteiger partial charge in [-0.25, -0.2) is 0 Å². The summed E-state index contributed by atoms with van der Waals surface area (Å²) in [6, 6.07) is 7.37. The standard InChI is InChI=1S/C20H24N2O3S/c1-3-12-6-9-15-16(10-12)26-20(18(15)19(21)24)22-17(23)11-13-4-7-14(25-2)8-5-13/h4-5,7-8,12H,3,6,9-11H2,1-2H3,(H2,21,24)(H,22,23). The Morgan fingerprint density at radius 1 is 1.31 bits per heavy atom. The van der Waals surface area contributed by atoms with Crippen molar-refractivity contribution in [1.82, 2.24) is 0 Å². The number of rotatable bonds is 6. The summed E-state index contributed by atoms with van der Waals surface area (Å²) in [5.74, 6) is 0.784. The molecule has 0 aliphatic heterocycles. The molecule has 0 fully saturated rings. The monoisotopic (exact) mass is 372 g/mol. The maximum atomic E-state index is 12.5. The lowest BCUT2D eigenvalue weighted by Crippen LogP contribution is -2.20. The van der Waals surface area contributed by atoms with Gasteiger partial charge in [0, 0.05) is 4.88 Å². The van der Waals surface area contributed by atoms with Crippen molar-refractivity contribution in [3.05, 3.63) is 45.8 Å². The van der Waals surface area contributed by atoms with Crippen LogP contribution in [-0.2, 0) is 24.1 Å². The van der Waals surface area contributed by atoms with Crippen LogP contribution in [0.4, 0.5) is 5.00 Å². The number of nitrogens with one attached hydrogen (secondary N) is 1. The molecule has 0 spiro atoms. The predicted molar refractivity (Wildman–Crippen MR) is 104 cm³/mol. The zero-order chi connectivity index (χ0) is 18.7. The molecule has 138 valence electrons.